The Kier molecular flexibility index (Phi) is 1.63. The van der Waals surface area contributed by atoms with E-state index in [1.54, 1.807) is 11.3 Å². The summed E-state index contributed by atoms with van der Waals surface area (Å²) in [5, 5.41) is 2.06. The molecule has 1 aromatic heterocycles. The van der Waals surface area contributed by atoms with Gasteiger partial charge in [-0.3, -0.25) is 0 Å². The van der Waals surface area contributed by atoms with Crippen molar-refractivity contribution in [1.82, 2.24) is 0 Å². The Morgan fingerprint density at radius 3 is 2.25 bits per heavy atom. The van der Waals surface area contributed by atoms with Crippen LogP contribution in [0.25, 0.3) is 0 Å². The average molecular weight is 144 g/mol. The fourth-order valence-electron chi connectivity index (χ4n) is 0.501. The zero-order chi connectivity index (χ0) is 6.15. The molecule has 0 unspecified atom stereocenters. The van der Waals surface area contributed by atoms with E-state index in [0.29, 0.717) is 0 Å². The first-order valence-electron chi connectivity index (χ1n) is 2.45. The smallest absolute Gasteiger partial charge is 0.0179 e. The van der Waals surface area contributed by atoms with E-state index in [2.05, 4.69) is 31.9 Å². The van der Waals surface area contributed by atoms with Gasteiger partial charge in [0, 0.05) is 15.2 Å². The van der Waals surface area contributed by atoms with Gasteiger partial charge in [0.1, 0.15) is 0 Å². The predicted octanol–water partition coefficient (Wildman–Crippen LogP) is 2.65. The average Bonchev–Trinajstić information content (AvgIpc) is 1.98. The number of thiol groups is 1. The Labute approximate surface area is 59.0 Å². The number of thiophene rings is 1. The molecule has 0 bridgehead atoms. The van der Waals surface area contributed by atoms with Gasteiger partial charge < -0.3 is 0 Å². The zero-order valence-electron chi connectivity index (χ0n) is 4.93. The van der Waals surface area contributed by atoms with Gasteiger partial charge in [0.05, 0.1) is 0 Å². The fraction of sp³-hybridized carbons (Fsp3) is 0.333. The van der Waals surface area contributed by atoms with Gasteiger partial charge in [0.15, 0.2) is 0 Å². The molecule has 0 fully saturated rings. The van der Waals surface area contributed by atoms with E-state index in [1.807, 2.05) is 0 Å². The van der Waals surface area contributed by atoms with Crippen LogP contribution < -0.4 is 0 Å². The molecule has 0 saturated heterocycles. The molecule has 0 amide bonds. The Balaban J connectivity index is 3.19. The lowest BCUT2D eigenvalue weighted by atomic mass is 10.3. The summed E-state index contributed by atoms with van der Waals surface area (Å²) in [7, 11) is 0. The fourth-order valence-corrected chi connectivity index (χ4v) is 1.65. The van der Waals surface area contributed by atoms with Crippen LogP contribution in [0.3, 0.4) is 0 Å². The maximum Gasteiger partial charge on any atom is 0.0179 e. The van der Waals surface area contributed by atoms with Gasteiger partial charge in [-0.15, -0.1) is 24.0 Å². The standard InChI is InChI=1S/C6H8S2/c1-4-5(2)8-3-6(4)7/h3,7H,1-2H3. The third-order valence-corrected chi connectivity index (χ3v) is 2.91. The van der Waals surface area contributed by atoms with E-state index >= 15 is 0 Å². The first-order valence-corrected chi connectivity index (χ1v) is 3.78. The number of hydrogen-bond donors (Lipinski definition) is 1. The third kappa shape index (κ3) is 0.906. The molecular weight excluding hydrogens is 136 g/mol. The molecule has 0 spiro atoms. The van der Waals surface area contributed by atoms with Crippen LogP contribution in [0.5, 0.6) is 0 Å². The molecular formula is C6H8S2. The van der Waals surface area contributed by atoms with Crippen LogP contribution in [0.15, 0.2) is 10.3 Å². The van der Waals surface area contributed by atoms with Gasteiger partial charge in [-0.05, 0) is 19.4 Å². The Morgan fingerprint density at radius 2 is 2.12 bits per heavy atom. The Morgan fingerprint density at radius 1 is 1.50 bits per heavy atom. The molecule has 2 heteroatoms. The minimum Gasteiger partial charge on any atom is -0.148 e. The number of aryl methyl sites for hydroxylation is 1. The summed E-state index contributed by atoms with van der Waals surface area (Å²) >= 11 is 5.98. The van der Waals surface area contributed by atoms with Crippen molar-refractivity contribution >= 4 is 24.0 Å². The van der Waals surface area contributed by atoms with Crippen molar-refractivity contribution in [2.75, 3.05) is 0 Å². The first-order chi connectivity index (χ1) is 3.72. The molecule has 44 valence electrons. The molecule has 0 saturated carbocycles. The largest absolute Gasteiger partial charge is 0.148 e. The van der Waals surface area contributed by atoms with Crippen LogP contribution in [0.4, 0.5) is 0 Å². The van der Waals surface area contributed by atoms with Crippen molar-refractivity contribution in [3.05, 3.63) is 15.8 Å². The van der Waals surface area contributed by atoms with E-state index in [4.69, 9.17) is 0 Å². The molecule has 8 heavy (non-hydrogen) atoms. The molecule has 1 heterocycles. The molecule has 0 nitrogen and oxygen atoms in total. The molecule has 0 radical (unpaired) electrons. The monoisotopic (exact) mass is 144 g/mol. The maximum absolute atomic E-state index is 4.23. The van der Waals surface area contributed by atoms with E-state index < -0.39 is 0 Å². The SMILES string of the molecule is Cc1scc(S)c1C. The normalized spacial score (nSPS) is 9.88. The third-order valence-electron chi connectivity index (χ3n) is 1.26. The molecule has 0 aliphatic carbocycles. The molecule has 0 aromatic carbocycles. The number of rotatable bonds is 0. The van der Waals surface area contributed by atoms with Crippen molar-refractivity contribution in [3.63, 3.8) is 0 Å². The Bertz CT molecular complexity index is 169. The highest BCUT2D eigenvalue weighted by molar-refractivity contribution is 7.80. The second-order valence-electron chi connectivity index (χ2n) is 1.80. The summed E-state index contributed by atoms with van der Waals surface area (Å²) in [6.07, 6.45) is 0. The van der Waals surface area contributed by atoms with E-state index in [1.165, 1.54) is 10.4 Å². The summed E-state index contributed by atoms with van der Waals surface area (Å²) in [5.74, 6) is 0. The Hall–Kier alpha value is 0.0500. The molecule has 0 N–H and O–H groups in total. The summed E-state index contributed by atoms with van der Waals surface area (Å²) < 4.78 is 0. The lowest BCUT2D eigenvalue weighted by molar-refractivity contribution is 1.33. The molecule has 0 atom stereocenters. The van der Waals surface area contributed by atoms with Crippen molar-refractivity contribution in [2.45, 2.75) is 18.7 Å². The van der Waals surface area contributed by atoms with Crippen molar-refractivity contribution in [1.29, 1.82) is 0 Å². The van der Waals surface area contributed by atoms with Crippen molar-refractivity contribution in [3.8, 4) is 0 Å². The van der Waals surface area contributed by atoms with Gasteiger partial charge in [-0.1, -0.05) is 0 Å². The maximum atomic E-state index is 4.23. The van der Waals surface area contributed by atoms with Crippen LogP contribution >= 0.6 is 24.0 Å². The van der Waals surface area contributed by atoms with Crippen molar-refractivity contribution in [2.24, 2.45) is 0 Å². The summed E-state index contributed by atoms with van der Waals surface area (Å²) in [4.78, 5) is 2.49. The van der Waals surface area contributed by atoms with E-state index in [0.717, 1.165) is 4.90 Å². The highest BCUT2D eigenvalue weighted by Crippen LogP contribution is 2.22. The van der Waals surface area contributed by atoms with Crippen LogP contribution in [0, 0.1) is 13.8 Å². The predicted molar refractivity (Wildman–Crippen MR) is 41.0 cm³/mol. The van der Waals surface area contributed by atoms with Crippen LogP contribution in [0.1, 0.15) is 10.4 Å². The van der Waals surface area contributed by atoms with Gasteiger partial charge in [0.2, 0.25) is 0 Å². The second kappa shape index (κ2) is 2.11. The van der Waals surface area contributed by atoms with Crippen molar-refractivity contribution < 1.29 is 0 Å². The topological polar surface area (TPSA) is 0 Å². The van der Waals surface area contributed by atoms with Gasteiger partial charge >= 0.3 is 0 Å². The van der Waals surface area contributed by atoms with Crippen LogP contribution in [-0.4, -0.2) is 0 Å². The van der Waals surface area contributed by atoms with Gasteiger partial charge in [-0.2, -0.15) is 0 Å². The lowest BCUT2D eigenvalue weighted by Crippen LogP contribution is -1.66. The quantitative estimate of drug-likeness (QED) is 0.532. The minimum atomic E-state index is 1.12. The first kappa shape index (κ1) is 6.17. The molecule has 0 aliphatic rings. The number of hydrogen-bond acceptors (Lipinski definition) is 2. The van der Waals surface area contributed by atoms with Gasteiger partial charge in [0.25, 0.3) is 0 Å². The molecule has 0 aliphatic heterocycles. The van der Waals surface area contributed by atoms with E-state index in [-0.39, 0.29) is 0 Å². The molecule has 1 rings (SSSR count). The highest BCUT2D eigenvalue weighted by Gasteiger charge is 1.96. The van der Waals surface area contributed by atoms with Gasteiger partial charge in [-0.25, -0.2) is 0 Å². The summed E-state index contributed by atoms with van der Waals surface area (Å²) in [6, 6.07) is 0. The highest BCUT2D eigenvalue weighted by atomic mass is 32.1. The van der Waals surface area contributed by atoms with Crippen LogP contribution in [-0.2, 0) is 0 Å². The second-order valence-corrected chi connectivity index (χ2v) is 3.37. The lowest BCUT2D eigenvalue weighted by Gasteiger charge is -1.85. The van der Waals surface area contributed by atoms with E-state index in [9.17, 15) is 0 Å². The molecule has 1 aromatic rings. The zero-order valence-corrected chi connectivity index (χ0v) is 6.64. The summed E-state index contributed by atoms with van der Waals surface area (Å²) in [6.45, 7) is 4.20. The summed E-state index contributed by atoms with van der Waals surface area (Å²) in [5.41, 5.74) is 1.32. The minimum absolute atomic E-state index is 1.12. The van der Waals surface area contributed by atoms with Crippen LogP contribution in [0.2, 0.25) is 0 Å².